The zero-order chi connectivity index (χ0) is 22.1. The zero-order valence-electron chi connectivity index (χ0n) is 18.3. The van der Waals surface area contributed by atoms with E-state index >= 15 is 0 Å². The molecule has 31 heavy (non-hydrogen) atoms. The van der Waals surface area contributed by atoms with E-state index < -0.39 is 6.04 Å². The van der Waals surface area contributed by atoms with Crippen LogP contribution < -0.4 is 5.32 Å². The Morgan fingerprint density at radius 1 is 0.806 bits per heavy atom. The van der Waals surface area contributed by atoms with Crippen molar-refractivity contribution in [2.45, 2.75) is 38.8 Å². The van der Waals surface area contributed by atoms with Crippen LogP contribution in [-0.2, 0) is 29.0 Å². The molecule has 160 valence electrons. The van der Waals surface area contributed by atoms with E-state index in [1.165, 1.54) is 0 Å². The van der Waals surface area contributed by atoms with Crippen LogP contribution in [0.5, 0.6) is 0 Å². The van der Waals surface area contributed by atoms with Crippen molar-refractivity contribution in [3.8, 4) is 0 Å². The van der Waals surface area contributed by atoms with E-state index in [1.54, 1.807) is 11.9 Å². The van der Waals surface area contributed by atoms with Crippen LogP contribution in [0.4, 0.5) is 0 Å². The zero-order valence-corrected chi connectivity index (χ0v) is 18.3. The number of carbonyl (C=O) groups is 2. The highest BCUT2D eigenvalue weighted by Crippen LogP contribution is 2.17. The highest BCUT2D eigenvalue weighted by molar-refractivity contribution is 5.88. The van der Waals surface area contributed by atoms with Gasteiger partial charge in [-0.3, -0.25) is 9.59 Å². The van der Waals surface area contributed by atoms with Crippen molar-refractivity contribution in [3.63, 3.8) is 0 Å². The van der Waals surface area contributed by atoms with Gasteiger partial charge in [-0.2, -0.15) is 0 Å². The van der Waals surface area contributed by atoms with Crippen molar-refractivity contribution in [2.24, 2.45) is 0 Å². The molecule has 1 unspecified atom stereocenters. The fourth-order valence-electron chi connectivity index (χ4n) is 3.65. The van der Waals surface area contributed by atoms with E-state index in [9.17, 15) is 9.59 Å². The smallest absolute Gasteiger partial charge is 0.242 e. The monoisotopic (exact) mass is 414 g/mol. The first-order valence-corrected chi connectivity index (χ1v) is 10.7. The number of carbonyl (C=O) groups excluding carboxylic acids is 2. The summed E-state index contributed by atoms with van der Waals surface area (Å²) in [7, 11) is 1.62. The van der Waals surface area contributed by atoms with Gasteiger partial charge in [-0.1, -0.05) is 90.5 Å². The largest absolute Gasteiger partial charge is 0.357 e. The molecule has 0 radical (unpaired) electrons. The van der Waals surface area contributed by atoms with Crippen LogP contribution in [0.25, 0.3) is 0 Å². The van der Waals surface area contributed by atoms with Crippen LogP contribution in [0.2, 0.25) is 0 Å². The molecular weight excluding hydrogens is 384 g/mol. The molecule has 4 nitrogen and oxygen atoms in total. The number of likely N-dealkylation sites (N-methyl/N-ethyl adjacent to an activating group) is 1. The summed E-state index contributed by atoms with van der Waals surface area (Å²) in [6.45, 7) is 2.44. The molecule has 0 aliphatic heterocycles. The van der Waals surface area contributed by atoms with Gasteiger partial charge < -0.3 is 10.2 Å². The number of hydrogen-bond acceptors (Lipinski definition) is 2. The Morgan fingerprint density at radius 2 is 1.39 bits per heavy atom. The minimum Gasteiger partial charge on any atom is -0.357 e. The summed E-state index contributed by atoms with van der Waals surface area (Å²) in [6, 6.07) is 27.4. The van der Waals surface area contributed by atoms with Gasteiger partial charge in [0.1, 0.15) is 6.04 Å². The van der Waals surface area contributed by atoms with E-state index in [1.807, 2.05) is 91.9 Å². The van der Waals surface area contributed by atoms with Crippen LogP contribution in [-0.4, -0.2) is 29.8 Å². The summed E-state index contributed by atoms with van der Waals surface area (Å²) >= 11 is 0. The summed E-state index contributed by atoms with van der Waals surface area (Å²) in [5.41, 5.74) is 4.32. The first-order chi connectivity index (χ1) is 15.1. The van der Waals surface area contributed by atoms with Crippen LogP contribution in [0, 0.1) is 6.92 Å². The molecule has 0 saturated carbocycles. The summed E-state index contributed by atoms with van der Waals surface area (Å²) in [5, 5.41) is 2.76. The lowest BCUT2D eigenvalue weighted by Crippen LogP contribution is -2.49. The average Bonchev–Trinajstić information content (AvgIpc) is 2.81. The lowest BCUT2D eigenvalue weighted by atomic mass is 10.0. The Kier molecular flexibility index (Phi) is 7.99. The van der Waals surface area contributed by atoms with Gasteiger partial charge in [-0.05, 0) is 30.0 Å². The average molecular weight is 415 g/mol. The van der Waals surface area contributed by atoms with Gasteiger partial charge in [0.25, 0.3) is 0 Å². The van der Waals surface area contributed by atoms with Crippen LogP contribution >= 0.6 is 0 Å². The van der Waals surface area contributed by atoms with Gasteiger partial charge in [0.15, 0.2) is 0 Å². The SMILES string of the molecule is CNC(=O)C(Cc1ccccc1)N(Cc1ccc(C)cc1)C(=O)CCc1ccccc1. The van der Waals surface area contributed by atoms with Gasteiger partial charge in [0.2, 0.25) is 11.8 Å². The van der Waals surface area contributed by atoms with Crippen molar-refractivity contribution in [2.75, 3.05) is 7.05 Å². The molecule has 0 saturated heterocycles. The molecule has 0 spiro atoms. The van der Waals surface area contributed by atoms with Gasteiger partial charge in [-0.25, -0.2) is 0 Å². The number of hydrogen-bond donors (Lipinski definition) is 1. The molecule has 3 aromatic carbocycles. The summed E-state index contributed by atoms with van der Waals surface area (Å²) in [4.78, 5) is 28.0. The lowest BCUT2D eigenvalue weighted by Gasteiger charge is -2.31. The second-order valence-electron chi connectivity index (χ2n) is 7.81. The molecule has 3 aromatic rings. The first-order valence-electron chi connectivity index (χ1n) is 10.7. The molecule has 2 amide bonds. The van der Waals surface area contributed by atoms with E-state index in [0.29, 0.717) is 25.8 Å². The van der Waals surface area contributed by atoms with Gasteiger partial charge in [0.05, 0.1) is 0 Å². The maximum absolute atomic E-state index is 13.4. The summed E-state index contributed by atoms with van der Waals surface area (Å²) < 4.78 is 0. The predicted octanol–water partition coefficient (Wildman–Crippen LogP) is 4.31. The maximum atomic E-state index is 13.4. The molecule has 1 N–H and O–H groups in total. The second kappa shape index (κ2) is 11.1. The third-order valence-electron chi connectivity index (χ3n) is 5.46. The van der Waals surface area contributed by atoms with Crippen molar-refractivity contribution in [1.29, 1.82) is 0 Å². The van der Waals surface area contributed by atoms with Crippen molar-refractivity contribution >= 4 is 11.8 Å². The van der Waals surface area contributed by atoms with Crippen LogP contribution in [0.15, 0.2) is 84.9 Å². The molecule has 0 aliphatic carbocycles. The number of amides is 2. The number of rotatable bonds is 9. The van der Waals surface area contributed by atoms with Crippen molar-refractivity contribution in [1.82, 2.24) is 10.2 Å². The van der Waals surface area contributed by atoms with Gasteiger partial charge in [0, 0.05) is 26.4 Å². The number of aryl methyl sites for hydroxylation is 2. The fraction of sp³-hybridized carbons (Fsp3) is 0.259. The number of benzene rings is 3. The normalized spacial score (nSPS) is 11.5. The highest BCUT2D eigenvalue weighted by atomic mass is 16.2. The Bertz CT molecular complexity index is 969. The Balaban J connectivity index is 1.86. The van der Waals surface area contributed by atoms with Crippen LogP contribution in [0.1, 0.15) is 28.7 Å². The first kappa shape index (κ1) is 22.3. The molecular formula is C27H30N2O2. The minimum atomic E-state index is -0.572. The van der Waals surface area contributed by atoms with Crippen molar-refractivity contribution in [3.05, 3.63) is 107 Å². The van der Waals surface area contributed by atoms with E-state index in [2.05, 4.69) is 5.32 Å². The molecule has 0 heterocycles. The lowest BCUT2D eigenvalue weighted by molar-refractivity contribution is -0.141. The van der Waals surface area contributed by atoms with E-state index in [0.717, 1.165) is 22.3 Å². The number of nitrogens with one attached hydrogen (secondary N) is 1. The quantitative estimate of drug-likeness (QED) is 0.567. The third kappa shape index (κ3) is 6.54. The molecule has 0 fully saturated rings. The summed E-state index contributed by atoms with van der Waals surface area (Å²) in [6.07, 6.45) is 1.48. The van der Waals surface area contributed by atoms with Crippen LogP contribution in [0.3, 0.4) is 0 Å². The standard InChI is InChI=1S/C27H30N2O2/c1-21-13-15-24(16-14-21)20-29(26(30)18-17-22-9-5-3-6-10-22)25(27(31)28-2)19-23-11-7-4-8-12-23/h3-16,25H,17-20H2,1-2H3,(H,28,31). The predicted molar refractivity (Wildman–Crippen MR) is 124 cm³/mol. The van der Waals surface area contributed by atoms with E-state index in [-0.39, 0.29) is 11.8 Å². The second-order valence-corrected chi connectivity index (χ2v) is 7.81. The van der Waals surface area contributed by atoms with Gasteiger partial charge in [-0.15, -0.1) is 0 Å². The number of nitrogens with zero attached hydrogens (tertiary/aromatic N) is 1. The Morgan fingerprint density at radius 3 is 1.97 bits per heavy atom. The Labute approximate surface area is 184 Å². The molecule has 0 aliphatic rings. The highest BCUT2D eigenvalue weighted by Gasteiger charge is 2.29. The van der Waals surface area contributed by atoms with E-state index in [4.69, 9.17) is 0 Å². The molecule has 3 rings (SSSR count). The molecule has 4 heteroatoms. The molecule has 0 bridgehead atoms. The molecule has 0 aromatic heterocycles. The topological polar surface area (TPSA) is 49.4 Å². The summed E-state index contributed by atoms with van der Waals surface area (Å²) in [5.74, 6) is -0.169. The Hall–Kier alpha value is -3.40. The van der Waals surface area contributed by atoms with Gasteiger partial charge >= 0.3 is 0 Å². The third-order valence-corrected chi connectivity index (χ3v) is 5.46. The van der Waals surface area contributed by atoms with Crippen molar-refractivity contribution < 1.29 is 9.59 Å². The molecule has 1 atom stereocenters. The maximum Gasteiger partial charge on any atom is 0.242 e. The fourth-order valence-corrected chi connectivity index (χ4v) is 3.65. The minimum absolute atomic E-state index is 0.0195.